The Bertz CT molecular complexity index is 907. The average molecular weight is 467 g/mol. The van der Waals surface area contributed by atoms with Gasteiger partial charge in [0.25, 0.3) is 0 Å². The molecule has 6 heteroatoms. The standard InChI is InChI=1S/C27H34F4O2/c1-3-5-6-8-18-9-11-19(12-10-18)17-32-25-16-22(15-24(29)27(25)31)33-21-13-20(7-4-2)26(30)23(28)14-21/h13-16,18-19H,3-12,17H2,1-2H3. The summed E-state index contributed by atoms with van der Waals surface area (Å²) in [6.45, 7) is 4.37. The fourth-order valence-electron chi connectivity index (χ4n) is 4.55. The predicted molar refractivity (Wildman–Crippen MR) is 122 cm³/mol. The van der Waals surface area contributed by atoms with Gasteiger partial charge in [-0.05, 0) is 42.7 Å². The maximum Gasteiger partial charge on any atom is 0.200 e. The van der Waals surface area contributed by atoms with Crippen molar-refractivity contribution in [1.29, 1.82) is 0 Å². The van der Waals surface area contributed by atoms with Gasteiger partial charge in [-0.2, -0.15) is 4.39 Å². The van der Waals surface area contributed by atoms with Crippen molar-refractivity contribution < 1.29 is 27.0 Å². The Morgan fingerprint density at radius 1 is 0.758 bits per heavy atom. The minimum atomic E-state index is -1.11. The zero-order valence-electron chi connectivity index (χ0n) is 19.6. The van der Waals surface area contributed by atoms with Crippen molar-refractivity contribution >= 4 is 0 Å². The number of aryl methyl sites for hydroxylation is 1. The number of hydrogen-bond acceptors (Lipinski definition) is 2. The van der Waals surface area contributed by atoms with Crippen LogP contribution in [0.4, 0.5) is 17.6 Å². The lowest BCUT2D eigenvalue weighted by atomic mass is 9.80. The lowest BCUT2D eigenvalue weighted by Crippen LogP contribution is -2.20. The predicted octanol–water partition coefficient (Wildman–Crippen LogP) is 8.75. The highest BCUT2D eigenvalue weighted by Crippen LogP contribution is 2.35. The summed E-state index contributed by atoms with van der Waals surface area (Å²) in [4.78, 5) is 0. The molecular weight excluding hydrogens is 432 g/mol. The lowest BCUT2D eigenvalue weighted by Gasteiger charge is -2.28. The molecular formula is C27H34F4O2. The van der Waals surface area contributed by atoms with Crippen molar-refractivity contribution in [1.82, 2.24) is 0 Å². The molecule has 0 N–H and O–H groups in total. The average Bonchev–Trinajstić information content (AvgIpc) is 2.79. The van der Waals surface area contributed by atoms with Gasteiger partial charge in [-0.25, -0.2) is 13.2 Å². The molecule has 0 radical (unpaired) electrons. The molecule has 0 bridgehead atoms. The van der Waals surface area contributed by atoms with Crippen LogP contribution in [0.5, 0.6) is 17.2 Å². The molecule has 182 valence electrons. The summed E-state index contributed by atoms with van der Waals surface area (Å²) in [6, 6.07) is 4.41. The van der Waals surface area contributed by atoms with Crippen molar-refractivity contribution in [3.63, 3.8) is 0 Å². The second-order valence-corrected chi connectivity index (χ2v) is 9.14. The van der Waals surface area contributed by atoms with Crippen molar-refractivity contribution in [3.8, 4) is 17.2 Å². The Kier molecular flexibility index (Phi) is 9.45. The van der Waals surface area contributed by atoms with E-state index in [1.165, 1.54) is 37.8 Å². The zero-order chi connectivity index (χ0) is 23.8. The van der Waals surface area contributed by atoms with Crippen molar-refractivity contribution in [2.45, 2.75) is 78.1 Å². The van der Waals surface area contributed by atoms with Gasteiger partial charge >= 0.3 is 0 Å². The Hall–Kier alpha value is -2.24. The van der Waals surface area contributed by atoms with Crippen LogP contribution in [0.3, 0.4) is 0 Å². The Morgan fingerprint density at radius 2 is 1.39 bits per heavy atom. The van der Waals surface area contributed by atoms with Crippen LogP contribution >= 0.6 is 0 Å². The van der Waals surface area contributed by atoms with Crippen molar-refractivity contribution in [3.05, 3.63) is 53.1 Å². The van der Waals surface area contributed by atoms with Crippen LogP contribution in [0.15, 0.2) is 24.3 Å². The third kappa shape index (κ3) is 7.12. The van der Waals surface area contributed by atoms with Crippen molar-refractivity contribution in [2.24, 2.45) is 11.8 Å². The molecule has 2 aromatic carbocycles. The van der Waals surface area contributed by atoms with Gasteiger partial charge in [-0.1, -0.05) is 58.8 Å². The van der Waals surface area contributed by atoms with Crippen LogP contribution in [-0.2, 0) is 6.42 Å². The number of hydrogen-bond donors (Lipinski definition) is 0. The van der Waals surface area contributed by atoms with Crippen LogP contribution in [0.1, 0.15) is 77.2 Å². The van der Waals surface area contributed by atoms with Gasteiger partial charge in [0.15, 0.2) is 23.2 Å². The number of unbranched alkanes of at least 4 members (excludes halogenated alkanes) is 2. The van der Waals surface area contributed by atoms with E-state index in [1.807, 2.05) is 6.92 Å². The van der Waals surface area contributed by atoms with E-state index in [1.54, 1.807) is 0 Å². The molecule has 0 atom stereocenters. The van der Waals surface area contributed by atoms with E-state index in [2.05, 4.69) is 6.92 Å². The molecule has 0 saturated heterocycles. The summed E-state index contributed by atoms with van der Waals surface area (Å²) in [5, 5.41) is 0. The Morgan fingerprint density at radius 3 is 2.06 bits per heavy atom. The van der Waals surface area contributed by atoms with E-state index in [9.17, 15) is 17.6 Å². The van der Waals surface area contributed by atoms with Gasteiger partial charge in [0.1, 0.15) is 11.5 Å². The number of halogens is 4. The van der Waals surface area contributed by atoms with E-state index >= 15 is 0 Å². The normalized spacial score (nSPS) is 18.4. The molecule has 0 amide bonds. The van der Waals surface area contributed by atoms with E-state index in [0.717, 1.165) is 43.7 Å². The zero-order valence-corrected chi connectivity index (χ0v) is 19.6. The first-order valence-corrected chi connectivity index (χ1v) is 12.2. The van der Waals surface area contributed by atoms with Gasteiger partial charge in [-0.3, -0.25) is 0 Å². The lowest BCUT2D eigenvalue weighted by molar-refractivity contribution is 0.172. The van der Waals surface area contributed by atoms with E-state index in [0.29, 0.717) is 25.4 Å². The highest BCUT2D eigenvalue weighted by Gasteiger charge is 2.23. The summed E-state index contributed by atoms with van der Waals surface area (Å²) >= 11 is 0. The molecule has 1 aliphatic carbocycles. The molecule has 0 aliphatic heterocycles. The van der Waals surface area contributed by atoms with E-state index < -0.39 is 23.3 Å². The van der Waals surface area contributed by atoms with Crippen LogP contribution in [-0.4, -0.2) is 6.61 Å². The summed E-state index contributed by atoms with van der Waals surface area (Å²) in [5.74, 6) is -3.32. The maximum absolute atomic E-state index is 14.3. The summed E-state index contributed by atoms with van der Waals surface area (Å²) < 4.78 is 67.5. The molecule has 1 saturated carbocycles. The molecule has 3 rings (SSSR count). The first-order chi connectivity index (χ1) is 15.9. The van der Waals surface area contributed by atoms with Crippen LogP contribution in [0.2, 0.25) is 0 Å². The van der Waals surface area contributed by atoms with Crippen LogP contribution < -0.4 is 9.47 Å². The fraction of sp³-hybridized carbons (Fsp3) is 0.556. The molecule has 2 aromatic rings. The van der Waals surface area contributed by atoms with Gasteiger partial charge in [0, 0.05) is 18.2 Å². The molecule has 1 aliphatic rings. The van der Waals surface area contributed by atoms with Gasteiger partial charge in [0.2, 0.25) is 5.82 Å². The van der Waals surface area contributed by atoms with Crippen LogP contribution in [0, 0.1) is 35.1 Å². The quantitative estimate of drug-likeness (QED) is 0.243. The highest BCUT2D eigenvalue weighted by atomic mass is 19.2. The van der Waals surface area contributed by atoms with E-state index in [4.69, 9.17) is 9.47 Å². The molecule has 2 nitrogen and oxygen atoms in total. The smallest absolute Gasteiger partial charge is 0.200 e. The first-order valence-electron chi connectivity index (χ1n) is 12.2. The number of benzene rings is 2. The minimum Gasteiger partial charge on any atom is -0.490 e. The fourth-order valence-corrected chi connectivity index (χ4v) is 4.55. The van der Waals surface area contributed by atoms with E-state index in [-0.39, 0.29) is 22.8 Å². The van der Waals surface area contributed by atoms with Crippen molar-refractivity contribution in [2.75, 3.05) is 6.61 Å². The number of ether oxygens (including phenoxy) is 2. The molecule has 0 aromatic heterocycles. The molecule has 0 unspecified atom stereocenters. The molecule has 0 heterocycles. The highest BCUT2D eigenvalue weighted by molar-refractivity contribution is 5.40. The second kappa shape index (κ2) is 12.3. The minimum absolute atomic E-state index is 0.0238. The van der Waals surface area contributed by atoms with Gasteiger partial charge in [0.05, 0.1) is 6.61 Å². The first kappa shape index (κ1) is 25.4. The molecule has 33 heavy (non-hydrogen) atoms. The van der Waals surface area contributed by atoms with Crippen LogP contribution in [0.25, 0.3) is 0 Å². The Balaban J connectivity index is 1.62. The number of rotatable bonds is 11. The van der Waals surface area contributed by atoms with Gasteiger partial charge < -0.3 is 9.47 Å². The monoisotopic (exact) mass is 466 g/mol. The SMILES string of the molecule is CCCCCC1CCC(COc2cc(Oc3cc(F)c(F)c(CCC)c3)cc(F)c2F)CC1. The molecule has 0 spiro atoms. The van der Waals surface area contributed by atoms with Gasteiger partial charge in [-0.15, -0.1) is 0 Å². The Labute approximate surface area is 194 Å². The maximum atomic E-state index is 14.3. The molecule has 1 fully saturated rings. The summed E-state index contributed by atoms with van der Waals surface area (Å²) in [5.41, 5.74) is 0.178. The summed E-state index contributed by atoms with van der Waals surface area (Å²) in [6.07, 6.45) is 10.3. The third-order valence-corrected chi connectivity index (χ3v) is 6.46. The second-order valence-electron chi connectivity index (χ2n) is 9.14. The largest absolute Gasteiger partial charge is 0.490 e. The third-order valence-electron chi connectivity index (χ3n) is 6.46. The summed E-state index contributed by atoms with van der Waals surface area (Å²) in [7, 11) is 0. The topological polar surface area (TPSA) is 18.5 Å².